The van der Waals surface area contributed by atoms with Crippen molar-refractivity contribution in [3.63, 3.8) is 0 Å². The number of rotatable bonds is 4. The van der Waals surface area contributed by atoms with Crippen LogP contribution < -0.4 is 10.9 Å². The quantitative estimate of drug-likeness (QED) is 0.613. The maximum Gasteiger partial charge on any atom is 0.291 e. The number of furan rings is 1. The molecule has 4 aromatic rings. The molecule has 0 spiro atoms. The van der Waals surface area contributed by atoms with Gasteiger partial charge in [0.05, 0.1) is 11.8 Å². The number of carbonyl (C=O) groups is 1. The summed E-state index contributed by atoms with van der Waals surface area (Å²) in [5.74, 6) is 0.348. The van der Waals surface area contributed by atoms with Gasteiger partial charge in [-0.2, -0.15) is 5.10 Å². The van der Waals surface area contributed by atoms with Gasteiger partial charge in [-0.1, -0.05) is 30.3 Å². The molecule has 3 heterocycles. The van der Waals surface area contributed by atoms with Gasteiger partial charge >= 0.3 is 0 Å². The summed E-state index contributed by atoms with van der Waals surface area (Å²) in [6.07, 6.45) is 1.57. The average Bonchev–Trinajstić information content (AvgIpc) is 3.24. The Hall–Kier alpha value is -3.35. The topological polar surface area (TPSA) is 81.5 Å². The molecular formula is C19H18N4O3. The zero-order valence-corrected chi connectivity index (χ0v) is 14.5. The van der Waals surface area contributed by atoms with E-state index in [0.29, 0.717) is 23.5 Å². The van der Waals surface area contributed by atoms with Gasteiger partial charge in [0.25, 0.3) is 5.56 Å². The van der Waals surface area contributed by atoms with Gasteiger partial charge in [0.1, 0.15) is 17.4 Å². The molecule has 0 fully saturated rings. The second-order valence-corrected chi connectivity index (χ2v) is 6.21. The van der Waals surface area contributed by atoms with Crippen LogP contribution >= 0.6 is 0 Å². The Morgan fingerprint density at radius 1 is 1.23 bits per heavy atom. The van der Waals surface area contributed by atoms with Crippen LogP contribution in [0.4, 0.5) is 0 Å². The van der Waals surface area contributed by atoms with Gasteiger partial charge in [0.2, 0.25) is 5.91 Å². The van der Waals surface area contributed by atoms with Gasteiger partial charge < -0.3 is 9.73 Å². The highest BCUT2D eigenvalue weighted by Crippen LogP contribution is 2.20. The molecule has 132 valence electrons. The normalized spacial score (nSPS) is 12.5. The van der Waals surface area contributed by atoms with E-state index in [1.165, 1.54) is 4.68 Å². The summed E-state index contributed by atoms with van der Waals surface area (Å²) in [6.45, 7) is 3.86. The molecule has 1 aromatic carbocycles. The largest absolute Gasteiger partial charge is 0.463 e. The van der Waals surface area contributed by atoms with Gasteiger partial charge in [-0.25, -0.2) is 4.68 Å². The first kappa shape index (κ1) is 16.1. The molecule has 26 heavy (non-hydrogen) atoms. The molecule has 0 unspecified atom stereocenters. The first-order valence-corrected chi connectivity index (χ1v) is 8.36. The van der Waals surface area contributed by atoms with Crippen molar-refractivity contribution < 1.29 is 9.21 Å². The number of nitrogens with zero attached hydrogens (tertiary/aromatic N) is 3. The summed E-state index contributed by atoms with van der Waals surface area (Å²) >= 11 is 0. The van der Waals surface area contributed by atoms with Gasteiger partial charge in [-0.3, -0.25) is 14.0 Å². The Kier molecular flexibility index (Phi) is 3.84. The fourth-order valence-corrected chi connectivity index (χ4v) is 3.10. The number of aromatic nitrogens is 3. The fraction of sp³-hybridized carbons (Fsp3) is 0.211. The molecule has 0 aliphatic carbocycles. The van der Waals surface area contributed by atoms with E-state index in [1.54, 1.807) is 36.6 Å². The smallest absolute Gasteiger partial charge is 0.291 e. The van der Waals surface area contributed by atoms with Crippen LogP contribution in [0.2, 0.25) is 0 Å². The summed E-state index contributed by atoms with van der Waals surface area (Å²) in [4.78, 5) is 25.3. The standard InChI is InChI=1S/C19H18N4O3/c1-12(18(24)20-11-14-6-4-3-5-7-14)23-19(25)16-10-17-15(8-9-26-17)22(16)13(2)21-23/h3-10,12H,11H2,1-2H3,(H,20,24)/t12-/m1/s1. The molecule has 0 aliphatic heterocycles. The SMILES string of the molecule is Cc1nn([C@H](C)C(=O)NCc2ccccc2)c(=O)c2cc3occc3n12. The fourth-order valence-electron chi connectivity index (χ4n) is 3.10. The number of amides is 1. The Morgan fingerprint density at radius 2 is 2.00 bits per heavy atom. The molecule has 0 saturated heterocycles. The summed E-state index contributed by atoms with van der Waals surface area (Å²) < 4.78 is 8.34. The zero-order chi connectivity index (χ0) is 18.3. The minimum absolute atomic E-state index is 0.262. The molecule has 1 amide bonds. The second kappa shape index (κ2) is 6.18. The van der Waals surface area contributed by atoms with Crippen molar-refractivity contribution in [3.05, 3.63) is 70.5 Å². The van der Waals surface area contributed by atoms with Gasteiger partial charge in [0.15, 0.2) is 5.58 Å². The maximum atomic E-state index is 12.8. The van der Waals surface area contributed by atoms with Crippen molar-refractivity contribution in [2.75, 3.05) is 0 Å². The summed E-state index contributed by atoms with van der Waals surface area (Å²) in [5, 5.41) is 7.19. The molecule has 0 bridgehead atoms. The molecule has 0 radical (unpaired) electrons. The molecule has 4 rings (SSSR count). The van der Waals surface area contributed by atoms with Crippen LogP contribution in [0.15, 0.2) is 57.9 Å². The van der Waals surface area contributed by atoms with E-state index >= 15 is 0 Å². The highest BCUT2D eigenvalue weighted by Gasteiger charge is 2.21. The Morgan fingerprint density at radius 3 is 2.77 bits per heavy atom. The highest BCUT2D eigenvalue weighted by molar-refractivity contribution is 5.83. The van der Waals surface area contributed by atoms with Crippen LogP contribution in [0.3, 0.4) is 0 Å². The lowest BCUT2D eigenvalue weighted by Gasteiger charge is -2.15. The Labute approximate surface area is 148 Å². The minimum Gasteiger partial charge on any atom is -0.463 e. The molecule has 1 atom stereocenters. The van der Waals surface area contributed by atoms with Crippen LogP contribution in [0.1, 0.15) is 24.4 Å². The number of nitrogens with one attached hydrogen (secondary N) is 1. The number of hydrogen-bond acceptors (Lipinski definition) is 4. The number of carbonyl (C=O) groups excluding carboxylic acids is 1. The van der Waals surface area contributed by atoms with Gasteiger partial charge in [-0.05, 0) is 19.4 Å². The van der Waals surface area contributed by atoms with Gasteiger partial charge in [-0.15, -0.1) is 0 Å². The van der Waals surface area contributed by atoms with E-state index in [2.05, 4.69) is 10.4 Å². The monoisotopic (exact) mass is 350 g/mol. The predicted octanol–water partition coefficient (Wildman–Crippen LogP) is 2.43. The van der Waals surface area contributed by atoms with E-state index < -0.39 is 6.04 Å². The van der Waals surface area contributed by atoms with Crippen molar-refractivity contribution >= 4 is 22.5 Å². The zero-order valence-electron chi connectivity index (χ0n) is 14.5. The van der Waals surface area contributed by atoms with Crippen LogP contribution in [-0.4, -0.2) is 20.1 Å². The first-order chi connectivity index (χ1) is 12.6. The Balaban J connectivity index is 1.66. The second-order valence-electron chi connectivity index (χ2n) is 6.21. The van der Waals surface area contributed by atoms with E-state index in [0.717, 1.165) is 11.1 Å². The summed E-state index contributed by atoms with van der Waals surface area (Å²) in [5.41, 5.74) is 2.51. The molecular weight excluding hydrogens is 332 g/mol. The third-order valence-corrected chi connectivity index (χ3v) is 4.48. The third kappa shape index (κ3) is 2.57. The van der Waals surface area contributed by atoms with Crippen LogP contribution in [0, 0.1) is 6.92 Å². The first-order valence-electron chi connectivity index (χ1n) is 8.36. The van der Waals surface area contributed by atoms with E-state index in [1.807, 2.05) is 30.3 Å². The lowest BCUT2D eigenvalue weighted by atomic mass is 10.2. The number of aryl methyl sites for hydroxylation is 1. The number of benzene rings is 1. The molecule has 0 saturated carbocycles. The minimum atomic E-state index is -0.726. The van der Waals surface area contributed by atoms with Crippen molar-refractivity contribution in [2.24, 2.45) is 0 Å². The van der Waals surface area contributed by atoms with Crippen LogP contribution in [-0.2, 0) is 11.3 Å². The van der Waals surface area contributed by atoms with Crippen molar-refractivity contribution in [2.45, 2.75) is 26.4 Å². The molecule has 1 N–H and O–H groups in total. The average molecular weight is 350 g/mol. The van der Waals surface area contributed by atoms with Crippen LogP contribution in [0.25, 0.3) is 16.6 Å². The van der Waals surface area contributed by atoms with E-state index in [-0.39, 0.29) is 11.5 Å². The molecule has 7 heteroatoms. The number of fused-ring (bicyclic) bond motifs is 3. The lowest BCUT2D eigenvalue weighted by molar-refractivity contribution is -0.124. The van der Waals surface area contributed by atoms with E-state index in [9.17, 15) is 9.59 Å². The third-order valence-electron chi connectivity index (χ3n) is 4.48. The van der Waals surface area contributed by atoms with E-state index in [4.69, 9.17) is 4.42 Å². The number of hydrogen-bond donors (Lipinski definition) is 1. The Bertz CT molecular complexity index is 1150. The molecule has 3 aromatic heterocycles. The van der Waals surface area contributed by atoms with Crippen LogP contribution in [0.5, 0.6) is 0 Å². The highest BCUT2D eigenvalue weighted by atomic mass is 16.3. The summed E-state index contributed by atoms with van der Waals surface area (Å²) in [6, 6.07) is 12.4. The predicted molar refractivity (Wildman–Crippen MR) is 97.0 cm³/mol. The lowest BCUT2D eigenvalue weighted by Crippen LogP contribution is -2.38. The molecule has 0 aliphatic rings. The molecule has 7 nitrogen and oxygen atoms in total. The summed E-state index contributed by atoms with van der Waals surface area (Å²) in [7, 11) is 0. The van der Waals surface area contributed by atoms with Gasteiger partial charge in [0, 0.05) is 18.7 Å². The van der Waals surface area contributed by atoms with Crippen molar-refractivity contribution in [3.8, 4) is 0 Å². The van der Waals surface area contributed by atoms with Crippen molar-refractivity contribution in [1.82, 2.24) is 19.5 Å². The van der Waals surface area contributed by atoms with Crippen molar-refractivity contribution in [1.29, 1.82) is 0 Å². The maximum absolute atomic E-state index is 12.8.